The molecule has 0 unspecified atom stereocenters. The van der Waals surface area contributed by atoms with Crippen LogP contribution >= 0.6 is 34.2 Å². The first kappa shape index (κ1) is 15.4. The molecular formula is C13H14ClIN2O3. The molecule has 1 saturated carbocycles. The quantitative estimate of drug-likeness (QED) is 0.735. The molecule has 7 heteroatoms. The van der Waals surface area contributed by atoms with Crippen molar-refractivity contribution >= 4 is 51.9 Å². The standard InChI is InChI=1S/C13H14ClIN2O3/c14-10-5-9(15)3-4-11(10)16-13(20)17(7-12(18)19)6-8-1-2-8/h3-5,8H,1-2,6-7H2,(H,16,20)(H,18,19). The zero-order valence-corrected chi connectivity index (χ0v) is 13.5. The van der Waals surface area contributed by atoms with Crippen molar-refractivity contribution in [1.82, 2.24) is 4.90 Å². The third-order valence-corrected chi connectivity index (χ3v) is 3.95. The van der Waals surface area contributed by atoms with Crippen LogP contribution in [0.15, 0.2) is 18.2 Å². The van der Waals surface area contributed by atoms with Crippen LogP contribution in [-0.2, 0) is 4.79 Å². The minimum atomic E-state index is -1.02. The Balaban J connectivity index is 2.04. The van der Waals surface area contributed by atoms with Gasteiger partial charge in [-0.1, -0.05) is 11.6 Å². The van der Waals surface area contributed by atoms with E-state index in [1.54, 1.807) is 12.1 Å². The molecule has 0 aliphatic heterocycles. The summed E-state index contributed by atoms with van der Waals surface area (Å²) in [5, 5.41) is 12.0. The van der Waals surface area contributed by atoms with E-state index in [-0.39, 0.29) is 6.54 Å². The molecule has 0 radical (unpaired) electrons. The van der Waals surface area contributed by atoms with E-state index < -0.39 is 12.0 Å². The number of amides is 2. The Morgan fingerprint density at radius 3 is 2.70 bits per heavy atom. The molecule has 1 aromatic carbocycles. The van der Waals surface area contributed by atoms with Gasteiger partial charge in [0.05, 0.1) is 10.7 Å². The minimum absolute atomic E-state index is 0.301. The van der Waals surface area contributed by atoms with E-state index in [9.17, 15) is 9.59 Å². The molecule has 2 rings (SSSR count). The molecule has 1 aliphatic rings. The van der Waals surface area contributed by atoms with Crippen molar-refractivity contribution < 1.29 is 14.7 Å². The van der Waals surface area contributed by atoms with Crippen molar-refractivity contribution in [2.45, 2.75) is 12.8 Å². The van der Waals surface area contributed by atoms with Crippen molar-refractivity contribution in [1.29, 1.82) is 0 Å². The summed E-state index contributed by atoms with van der Waals surface area (Å²) in [5.41, 5.74) is 0.489. The number of aliphatic carboxylic acids is 1. The van der Waals surface area contributed by atoms with Gasteiger partial charge in [0.25, 0.3) is 0 Å². The lowest BCUT2D eigenvalue weighted by Gasteiger charge is -2.21. The van der Waals surface area contributed by atoms with Crippen molar-refractivity contribution in [3.63, 3.8) is 0 Å². The zero-order valence-electron chi connectivity index (χ0n) is 10.6. The van der Waals surface area contributed by atoms with Crippen LogP contribution in [0.3, 0.4) is 0 Å². The number of nitrogens with zero attached hydrogens (tertiary/aromatic N) is 1. The predicted octanol–water partition coefficient (Wildman–Crippen LogP) is 3.27. The van der Waals surface area contributed by atoms with E-state index in [2.05, 4.69) is 27.9 Å². The summed E-state index contributed by atoms with van der Waals surface area (Å²) in [5.74, 6) is -0.596. The second kappa shape index (κ2) is 6.62. The maximum absolute atomic E-state index is 12.1. The van der Waals surface area contributed by atoms with Gasteiger partial charge in [0.1, 0.15) is 6.54 Å². The molecule has 0 atom stereocenters. The monoisotopic (exact) mass is 408 g/mol. The number of anilines is 1. The highest BCUT2D eigenvalue weighted by molar-refractivity contribution is 14.1. The Labute approximate surface area is 135 Å². The van der Waals surface area contributed by atoms with Gasteiger partial charge in [-0.25, -0.2) is 4.79 Å². The van der Waals surface area contributed by atoms with Crippen molar-refractivity contribution in [3.05, 3.63) is 26.8 Å². The van der Waals surface area contributed by atoms with E-state index in [1.807, 2.05) is 6.07 Å². The maximum Gasteiger partial charge on any atom is 0.323 e. The number of urea groups is 1. The molecule has 20 heavy (non-hydrogen) atoms. The average molecular weight is 409 g/mol. The molecule has 1 aliphatic carbocycles. The molecule has 2 N–H and O–H groups in total. The summed E-state index contributed by atoms with van der Waals surface area (Å²) in [7, 11) is 0. The minimum Gasteiger partial charge on any atom is -0.480 e. The summed E-state index contributed by atoms with van der Waals surface area (Å²) in [4.78, 5) is 24.3. The van der Waals surface area contributed by atoms with E-state index in [0.717, 1.165) is 16.4 Å². The Morgan fingerprint density at radius 1 is 1.45 bits per heavy atom. The second-order valence-electron chi connectivity index (χ2n) is 4.77. The van der Waals surface area contributed by atoms with E-state index in [1.165, 1.54) is 4.90 Å². The number of carbonyl (C=O) groups is 2. The highest BCUT2D eigenvalue weighted by Crippen LogP contribution is 2.30. The largest absolute Gasteiger partial charge is 0.480 e. The fourth-order valence-corrected chi connectivity index (χ4v) is 2.68. The molecule has 5 nitrogen and oxygen atoms in total. The molecular weight excluding hydrogens is 395 g/mol. The van der Waals surface area contributed by atoms with E-state index in [4.69, 9.17) is 16.7 Å². The number of nitrogens with one attached hydrogen (secondary N) is 1. The fraction of sp³-hybridized carbons (Fsp3) is 0.385. The Kier molecular flexibility index (Phi) is 5.09. The SMILES string of the molecule is O=C(O)CN(CC1CC1)C(=O)Nc1ccc(I)cc1Cl. The van der Waals surface area contributed by atoms with Gasteiger partial charge in [0.15, 0.2) is 0 Å². The highest BCUT2D eigenvalue weighted by Gasteiger charge is 2.28. The van der Waals surface area contributed by atoms with Gasteiger partial charge >= 0.3 is 12.0 Å². The first-order valence-corrected chi connectivity index (χ1v) is 7.64. The van der Waals surface area contributed by atoms with Crippen LogP contribution in [-0.4, -0.2) is 35.1 Å². The van der Waals surface area contributed by atoms with Crippen molar-refractivity contribution in [3.8, 4) is 0 Å². The molecule has 0 bridgehead atoms. The van der Waals surface area contributed by atoms with E-state index in [0.29, 0.717) is 23.2 Å². The molecule has 2 amide bonds. The number of hydrogen-bond acceptors (Lipinski definition) is 2. The van der Waals surface area contributed by atoms with Gasteiger partial charge in [-0.05, 0) is 59.5 Å². The normalized spacial score (nSPS) is 13.9. The lowest BCUT2D eigenvalue weighted by Crippen LogP contribution is -2.40. The topological polar surface area (TPSA) is 69.6 Å². The van der Waals surface area contributed by atoms with Crippen LogP contribution in [0.5, 0.6) is 0 Å². The van der Waals surface area contributed by atoms with Crippen LogP contribution in [0, 0.1) is 9.49 Å². The number of halogens is 2. The second-order valence-corrected chi connectivity index (χ2v) is 6.42. The van der Waals surface area contributed by atoms with Crippen LogP contribution in [0.2, 0.25) is 5.02 Å². The van der Waals surface area contributed by atoms with Gasteiger partial charge in [0.2, 0.25) is 0 Å². The third-order valence-electron chi connectivity index (χ3n) is 2.96. The Bertz CT molecular complexity index is 534. The molecule has 0 spiro atoms. The summed E-state index contributed by atoms with van der Waals surface area (Å²) < 4.78 is 0.964. The molecule has 1 fully saturated rings. The highest BCUT2D eigenvalue weighted by atomic mass is 127. The number of carboxylic acids is 1. The Hall–Kier alpha value is -1.02. The lowest BCUT2D eigenvalue weighted by molar-refractivity contribution is -0.137. The summed E-state index contributed by atoms with van der Waals surface area (Å²) in [6.07, 6.45) is 2.10. The third kappa shape index (κ3) is 4.52. The number of hydrogen-bond donors (Lipinski definition) is 2. The molecule has 0 aromatic heterocycles. The predicted molar refractivity (Wildman–Crippen MR) is 85.1 cm³/mol. The van der Waals surface area contributed by atoms with Crippen LogP contribution in [0.25, 0.3) is 0 Å². The van der Waals surface area contributed by atoms with Crippen molar-refractivity contribution in [2.24, 2.45) is 5.92 Å². The zero-order chi connectivity index (χ0) is 14.7. The van der Waals surface area contributed by atoms with Gasteiger partial charge in [-0.2, -0.15) is 0 Å². The lowest BCUT2D eigenvalue weighted by atomic mass is 10.3. The molecule has 1 aromatic rings. The molecule has 0 saturated heterocycles. The number of benzene rings is 1. The first-order chi connectivity index (χ1) is 9.45. The van der Waals surface area contributed by atoms with Crippen LogP contribution in [0.4, 0.5) is 10.5 Å². The maximum atomic E-state index is 12.1. The Morgan fingerprint density at radius 2 is 2.15 bits per heavy atom. The smallest absolute Gasteiger partial charge is 0.323 e. The van der Waals surface area contributed by atoms with Gasteiger partial charge in [0, 0.05) is 10.1 Å². The summed E-state index contributed by atoms with van der Waals surface area (Å²) >= 11 is 8.17. The number of carboxylic acid groups (broad SMARTS) is 1. The van der Waals surface area contributed by atoms with Gasteiger partial charge in [-0.3, -0.25) is 4.79 Å². The van der Waals surface area contributed by atoms with Crippen molar-refractivity contribution in [2.75, 3.05) is 18.4 Å². The van der Waals surface area contributed by atoms with E-state index >= 15 is 0 Å². The average Bonchev–Trinajstić information content (AvgIpc) is 3.15. The first-order valence-electron chi connectivity index (χ1n) is 6.18. The van der Waals surface area contributed by atoms with Crippen LogP contribution < -0.4 is 5.32 Å². The van der Waals surface area contributed by atoms with Gasteiger partial charge in [-0.15, -0.1) is 0 Å². The molecule has 0 heterocycles. The number of carbonyl (C=O) groups excluding carboxylic acids is 1. The van der Waals surface area contributed by atoms with Gasteiger partial charge < -0.3 is 15.3 Å². The summed E-state index contributed by atoms with van der Waals surface area (Å²) in [6.45, 7) is 0.171. The van der Waals surface area contributed by atoms with Crippen LogP contribution in [0.1, 0.15) is 12.8 Å². The molecule has 108 valence electrons. The summed E-state index contributed by atoms with van der Waals surface area (Å²) in [6, 6.07) is 4.84. The fourth-order valence-electron chi connectivity index (χ4n) is 1.78. The number of rotatable bonds is 5.